The second-order valence-electron chi connectivity index (χ2n) is 4.22. The Balaban J connectivity index is 1.78. The van der Waals surface area contributed by atoms with E-state index in [0.29, 0.717) is 6.79 Å². The third-order valence-electron chi connectivity index (χ3n) is 2.98. The van der Waals surface area contributed by atoms with E-state index in [-0.39, 0.29) is 0 Å². The minimum Gasteiger partial charge on any atom is -0.497 e. The number of ether oxygens (including phenoxy) is 3. The van der Waals surface area contributed by atoms with Gasteiger partial charge in [-0.15, -0.1) is 0 Å². The van der Waals surface area contributed by atoms with E-state index < -0.39 is 0 Å². The van der Waals surface area contributed by atoms with Gasteiger partial charge in [0, 0.05) is 0 Å². The molecule has 3 rings (SSSR count). The van der Waals surface area contributed by atoms with Gasteiger partial charge in [-0.25, -0.2) is 0 Å². The van der Waals surface area contributed by atoms with E-state index >= 15 is 0 Å². The molecule has 3 nitrogen and oxygen atoms in total. The Morgan fingerprint density at radius 2 is 1.58 bits per heavy atom. The van der Waals surface area contributed by atoms with Gasteiger partial charge in [0.1, 0.15) is 5.75 Å². The van der Waals surface area contributed by atoms with Crippen molar-refractivity contribution in [1.29, 1.82) is 0 Å². The molecule has 0 unspecified atom stereocenters. The predicted molar refractivity (Wildman–Crippen MR) is 74.5 cm³/mol. The van der Waals surface area contributed by atoms with Crippen molar-refractivity contribution in [3.63, 3.8) is 0 Å². The normalized spacial score (nSPS) is 12.9. The van der Waals surface area contributed by atoms with Gasteiger partial charge in [0.15, 0.2) is 11.5 Å². The van der Waals surface area contributed by atoms with Crippen LogP contribution in [0.1, 0.15) is 11.1 Å². The first kappa shape index (κ1) is 11.7. The molecule has 0 saturated heterocycles. The highest BCUT2D eigenvalue weighted by molar-refractivity contribution is 5.71. The Bertz CT molecular complexity index is 600. The molecule has 3 heteroatoms. The Morgan fingerprint density at radius 1 is 0.895 bits per heavy atom. The molecule has 96 valence electrons. The quantitative estimate of drug-likeness (QED) is 0.783. The van der Waals surface area contributed by atoms with Gasteiger partial charge in [0.05, 0.1) is 7.11 Å². The summed E-state index contributed by atoms with van der Waals surface area (Å²) >= 11 is 0. The van der Waals surface area contributed by atoms with Crippen LogP contribution in [0.3, 0.4) is 0 Å². The molecule has 1 aliphatic heterocycles. The summed E-state index contributed by atoms with van der Waals surface area (Å²) in [6, 6.07) is 13.8. The smallest absolute Gasteiger partial charge is 0.231 e. The van der Waals surface area contributed by atoms with Crippen LogP contribution in [0.2, 0.25) is 0 Å². The van der Waals surface area contributed by atoms with Gasteiger partial charge in [0.25, 0.3) is 0 Å². The minimum atomic E-state index is 0.307. The SMILES string of the molecule is COc1ccc(/C=C\c2ccc3c(c2)OCO3)cc1. The summed E-state index contributed by atoms with van der Waals surface area (Å²) in [5.41, 5.74) is 2.21. The van der Waals surface area contributed by atoms with Crippen molar-refractivity contribution < 1.29 is 14.2 Å². The molecule has 1 aliphatic rings. The lowest BCUT2D eigenvalue weighted by Crippen LogP contribution is -1.92. The molecule has 2 aromatic rings. The van der Waals surface area contributed by atoms with Crippen molar-refractivity contribution in [2.24, 2.45) is 0 Å². The van der Waals surface area contributed by atoms with E-state index in [4.69, 9.17) is 14.2 Å². The standard InChI is InChI=1S/C16H14O3/c1-17-14-7-4-12(5-8-14)2-3-13-6-9-15-16(10-13)19-11-18-15/h2-10H,11H2,1H3/b3-2-. The molecule has 0 aliphatic carbocycles. The van der Waals surface area contributed by atoms with Crippen LogP contribution < -0.4 is 14.2 Å². The maximum absolute atomic E-state index is 5.35. The summed E-state index contributed by atoms with van der Waals surface area (Å²) < 4.78 is 15.8. The molecule has 0 bridgehead atoms. The summed E-state index contributed by atoms with van der Waals surface area (Å²) in [5, 5.41) is 0. The van der Waals surface area contributed by atoms with Gasteiger partial charge in [-0.05, 0) is 35.4 Å². The van der Waals surface area contributed by atoms with Crippen LogP contribution in [0.15, 0.2) is 42.5 Å². The number of methoxy groups -OCH3 is 1. The van der Waals surface area contributed by atoms with Crippen LogP contribution in [0.5, 0.6) is 17.2 Å². The van der Waals surface area contributed by atoms with Crippen LogP contribution in [0.25, 0.3) is 12.2 Å². The third-order valence-corrected chi connectivity index (χ3v) is 2.98. The molecule has 0 fully saturated rings. The molecule has 0 N–H and O–H groups in total. The molecule has 0 amide bonds. The largest absolute Gasteiger partial charge is 0.497 e. The lowest BCUT2D eigenvalue weighted by Gasteiger charge is -2.00. The number of hydrogen-bond donors (Lipinski definition) is 0. The van der Waals surface area contributed by atoms with E-state index in [0.717, 1.165) is 28.4 Å². The minimum absolute atomic E-state index is 0.307. The number of fused-ring (bicyclic) bond motifs is 1. The summed E-state index contributed by atoms with van der Waals surface area (Å²) in [7, 11) is 1.66. The van der Waals surface area contributed by atoms with Crippen molar-refractivity contribution in [2.45, 2.75) is 0 Å². The van der Waals surface area contributed by atoms with Crippen molar-refractivity contribution in [3.8, 4) is 17.2 Å². The predicted octanol–water partition coefficient (Wildman–Crippen LogP) is 3.59. The molecule has 0 radical (unpaired) electrons. The molecule has 0 aromatic heterocycles. The highest BCUT2D eigenvalue weighted by atomic mass is 16.7. The maximum atomic E-state index is 5.35. The fraction of sp³-hybridized carbons (Fsp3) is 0.125. The van der Waals surface area contributed by atoms with Crippen LogP contribution in [0.4, 0.5) is 0 Å². The molecule has 0 saturated carbocycles. The lowest BCUT2D eigenvalue weighted by atomic mass is 10.1. The molecule has 1 heterocycles. The van der Waals surface area contributed by atoms with E-state index in [1.54, 1.807) is 7.11 Å². The number of benzene rings is 2. The Labute approximate surface area is 112 Å². The van der Waals surface area contributed by atoms with Crippen LogP contribution in [-0.4, -0.2) is 13.9 Å². The second kappa shape index (κ2) is 5.06. The van der Waals surface area contributed by atoms with Gasteiger partial charge in [-0.1, -0.05) is 30.4 Å². The highest BCUT2D eigenvalue weighted by Crippen LogP contribution is 2.32. The topological polar surface area (TPSA) is 27.7 Å². The zero-order chi connectivity index (χ0) is 13.1. The van der Waals surface area contributed by atoms with Crippen molar-refractivity contribution in [1.82, 2.24) is 0 Å². The highest BCUT2D eigenvalue weighted by Gasteiger charge is 2.11. The van der Waals surface area contributed by atoms with E-state index in [1.165, 1.54) is 0 Å². The fourth-order valence-electron chi connectivity index (χ4n) is 1.92. The first-order chi connectivity index (χ1) is 9.35. The Morgan fingerprint density at radius 3 is 2.37 bits per heavy atom. The van der Waals surface area contributed by atoms with Gasteiger partial charge in [-0.3, -0.25) is 0 Å². The molecule has 19 heavy (non-hydrogen) atoms. The molecular weight excluding hydrogens is 240 g/mol. The maximum Gasteiger partial charge on any atom is 0.231 e. The van der Waals surface area contributed by atoms with Gasteiger partial charge >= 0.3 is 0 Å². The number of hydrogen-bond acceptors (Lipinski definition) is 3. The Hall–Kier alpha value is -2.42. The first-order valence-corrected chi connectivity index (χ1v) is 6.07. The van der Waals surface area contributed by atoms with Crippen LogP contribution in [-0.2, 0) is 0 Å². The summed E-state index contributed by atoms with van der Waals surface area (Å²) in [5.74, 6) is 2.47. The molecule has 2 aromatic carbocycles. The lowest BCUT2D eigenvalue weighted by molar-refractivity contribution is 0.174. The van der Waals surface area contributed by atoms with E-state index in [1.807, 2.05) is 48.5 Å². The van der Waals surface area contributed by atoms with Gasteiger partial charge in [0.2, 0.25) is 6.79 Å². The number of rotatable bonds is 3. The monoisotopic (exact) mass is 254 g/mol. The third kappa shape index (κ3) is 2.55. The van der Waals surface area contributed by atoms with Crippen molar-refractivity contribution in [2.75, 3.05) is 13.9 Å². The van der Waals surface area contributed by atoms with Crippen molar-refractivity contribution in [3.05, 3.63) is 53.6 Å². The molecular formula is C16H14O3. The average Bonchev–Trinajstić information content (AvgIpc) is 2.93. The summed E-state index contributed by atoms with van der Waals surface area (Å²) in [6.45, 7) is 0.307. The molecule has 0 atom stereocenters. The van der Waals surface area contributed by atoms with Gasteiger partial charge < -0.3 is 14.2 Å². The van der Waals surface area contributed by atoms with Crippen molar-refractivity contribution >= 4 is 12.2 Å². The molecule has 0 spiro atoms. The zero-order valence-corrected chi connectivity index (χ0v) is 10.6. The first-order valence-electron chi connectivity index (χ1n) is 6.07. The summed E-state index contributed by atoms with van der Waals surface area (Å²) in [4.78, 5) is 0. The van der Waals surface area contributed by atoms with Crippen LogP contribution in [0, 0.1) is 0 Å². The summed E-state index contributed by atoms with van der Waals surface area (Å²) in [6.07, 6.45) is 4.10. The Kier molecular flexibility index (Phi) is 3.11. The zero-order valence-electron chi connectivity index (χ0n) is 10.6. The fourth-order valence-corrected chi connectivity index (χ4v) is 1.92. The van der Waals surface area contributed by atoms with Gasteiger partial charge in [-0.2, -0.15) is 0 Å². The second-order valence-corrected chi connectivity index (χ2v) is 4.22. The van der Waals surface area contributed by atoms with Crippen LogP contribution >= 0.6 is 0 Å². The van der Waals surface area contributed by atoms with E-state index in [9.17, 15) is 0 Å². The average molecular weight is 254 g/mol. The van der Waals surface area contributed by atoms with E-state index in [2.05, 4.69) is 6.08 Å².